The predicted octanol–water partition coefficient (Wildman–Crippen LogP) is 5.48. The van der Waals surface area contributed by atoms with E-state index >= 15 is 0 Å². The molecule has 0 saturated heterocycles. The largest absolute Gasteiger partial charge is 0.493 e. The van der Waals surface area contributed by atoms with Crippen molar-refractivity contribution in [1.29, 1.82) is 0 Å². The molecular formula is C21H25ClN2O. The van der Waals surface area contributed by atoms with Crippen molar-refractivity contribution in [2.45, 2.75) is 33.1 Å². The topological polar surface area (TPSA) is 51.0 Å². The SMILES string of the molecule is CCOc1ccccc1-c1[nH]c2c(C)c(Cl)ccc2c1CCCCN. The number of aromatic amines is 1. The first-order valence-corrected chi connectivity index (χ1v) is 9.27. The Labute approximate surface area is 154 Å². The highest BCUT2D eigenvalue weighted by molar-refractivity contribution is 6.32. The maximum absolute atomic E-state index is 6.34. The lowest BCUT2D eigenvalue weighted by molar-refractivity contribution is 0.341. The van der Waals surface area contributed by atoms with Crippen LogP contribution in [0.5, 0.6) is 5.75 Å². The third-order valence-electron chi connectivity index (χ3n) is 4.61. The molecule has 0 saturated carbocycles. The number of fused-ring (bicyclic) bond motifs is 1. The van der Waals surface area contributed by atoms with Crippen molar-refractivity contribution in [3.63, 3.8) is 0 Å². The van der Waals surface area contributed by atoms with Crippen LogP contribution in [0.15, 0.2) is 36.4 Å². The molecule has 0 spiro atoms. The molecule has 0 fully saturated rings. The predicted molar refractivity (Wildman–Crippen MR) is 107 cm³/mol. The zero-order valence-corrected chi connectivity index (χ0v) is 15.6. The van der Waals surface area contributed by atoms with E-state index in [-0.39, 0.29) is 0 Å². The number of aryl methyl sites for hydroxylation is 2. The fourth-order valence-corrected chi connectivity index (χ4v) is 3.48. The molecule has 0 bridgehead atoms. The summed E-state index contributed by atoms with van der Waals surface area (Å²) in [6.07, 6.45) is 3.06. The van der Waals surface area contributed by atoms with Crippen LogP contribution in [0.4, 0.5) is 0 Å². The summed E-state index contributed by atoms with van der Waals surface area (Å²) in [6.45, 7) is 5.43. The zero-order chi connectivity index (χ0) is 17.8. The molecule has 0 aliphatic heterocycles. The molecule has 132 valence electrons. The summed E-state index contributed by atoms with van der Waals surface area (Å²) in [5.74, 6) is 0.903. The molecule has 0 radical (unpaired) electrons. The fourth-order valence-electron chi connectivity index (χ4n) is 3.32. The van der Waals surface area contributed by atoms with E-state index in [0.717, 1.165) is 58.9 Å². The molecule has 0 atom stereocenters. The van der Waals surface area contributed by atoms with Gasteiger partial charge in [0.2, 0.25) is 0 Å². The Morgan fingerprint density at radius 1 is 1.12 bits per heavy atom. The molecular weight excluding hydrogens is 332 g/mol. The van der Waals surface area contributed by atoms with Crippen LogP contribution < -0.4 is 10.5 Å². The number of unbranched alkanes of at least 4 members (excludes halogenated alkanes) is 1. The van der Waals surface area contributed by atoms with Crippen molar-refractivity contribution in [1.82, 2.24) is 4.98 Å². The van der Waals surface area contributed by atoms with Crippen LogP contribution in [-0.2, 0) is 6.42 Å². The molecule has 25 heavy (non-hydrogen) atoms. The highest BCUT2D eigenvalue weighted by Crippen LogP contribution is 2.38. The molecule has 1 aromatic heterocycles. The van der Waals surface area contributed by atoms with E-state index in [4.69, 9.17) is 22.1 Å². The third-order valence-corrected chi connectivity index (χ3v) is 5.02. The van der Waals surface area contributed by atoms with Crippen molar-refractivity contribution in [2.75, 3.05) is 13.2 Å². The molecule has 3 nitrogen and oxygen atoms in total. The van der Waals surface area contributed by atoms with E-state index < -0.39 is 0 Å². The van der Waals surface area contributed by atoms with Gasteiger partial charge in [-0.1, -0.05) is 29.8 Å². The van der Waals surface area contributed by atoms with Gasteiger partial charge in [0, 0.05) is 16.0 Å². The van der Waals surface area contributed by atoms with Gasteiger partial charge in [0.05, 0.1) is 17.8 Å². The Hall–Kier alpha value is -1.97. The molecule has 3 N–H and O–H groups in total. The van der Waals surface area contributed by atoms with E-state index in [1.54, 1.807) is 0 Å². The Kier molecular flexibility index (Phi) is 5.67. The number of para-hydroxylation sites is 1. The van der Waals surface area contributed by atoms with Gasteiger partial charge in [-0.2, -0.15) is 0 Å². The molecule has 0 amide bonds. The Morgan fingerprint density at radius 3 is 2.68 bits per heavy atom. The summed E-state index contributed by atoms with van der Waals surface area (Å²) in [5, 5.41) is 2.02. The highest BCUT2D eigenvalue weighted by atomic mass is 35.5. The van der Waals surface area contributed by atoms with Crippen molar-refractivity contribution < 1.29 is 4.74 Å². The quantitative estimate of drug-likeness (QED) is 0.551. The Balaban J connectivity index is 2.19. The van der Waals surface area contributed by atoms with Crippen LogP contribution in [-0.4, -0.2) is 18.1 Å². The lowest BCUT2D eigenvalue weighted by Crippen LogP contribution is -2.00. The van der Waals surface area contributed by atoms with Crippen molar-refractivity contribution in [2.24, 2.45) is 5.73 Å². The average molecular weight is 357 g/mol. The van der Waals surface area contributed by atoms with E-state index in [0.29, 0.717) is 6.61 Å². The lowest BCUT2D eigenvalue weighted by Gasteiger charge is -2.11. The molecule has 1 heterocycles. The van der Waals surface area contributed by atoms with Gasteiger partial charge in [0.15, 0.2) is 0 Å². The van der Waals surface area contributed by atoms with Gasteiger partial charge < -0.3 is 15.5 Å². The molecule has 3 aromatic rings. The van der Waals surface area contributed by atoms with Gasteiger partial charge in [-0.05, 0) is 69.0 Å². The minimum atomic E-state index is 0.643. The normalized spacial score (nSPS) is 11.2. The van der Waals surface area contributed by atoms with Gasteiger partial charge in [0.25, 0.3) is 0 Å². The van der Waals surface area contributed by atoms with Crippen LogP contribution in [0, 0.1) is 6.92 Å². The number of rotatable bonds is 7. The molecule has 0 unspecified atom stereocenters. The van der Waals surface area contributed by atoms with Gasteiger partial charge in [-0.15, -0.1) is 0 Å². The lowest BCUT2D eigenvalue weighted by atomic mass is 9.99. The molecule has 0 aliphatic carbocycles. The van der Waals surface area contributed by atoms with Gasteiger partial charge in [-0.25, -0.2) is 0 Å². The number of ether oxygens (including phenoxy) is 1. The second-order valence-corrected chi connectivity index (χ2v) is 6.66. The monoisotopic (exact) mass is 356 g/mol. The van der Waals surface area contributed by atoms with Gasteiger partial charge in [-0.3, -0.25) is 0 Å². The zero-order valence-electron chi connectivity index (χ0n) is 14.9. The van der Waals surface area contributed by atoms with E-state index in [1.165, 1.54) is 10.9 Å². The van der Waals surface area contributed by atoms with Crippen LogP contribution in [0.1, 0.15) is 30.9 Å². The Bertz CT molecular complexity index is 870. The number of hydrogen-bond acceptors (Lipinski definition) is 2. The molecule has 2 aromatic carbocycles. The van der Waals surface area contributed by atoms with Crippen LogP contribution >= 0.6 is 11.6 Å². The molecule has 4 heteroatoms. The summed E-state index contributed by atoms with van der Waals surface area (Å²) in [4.78, 5) is 3.62. The van der Waals surface area contributed by atoms with E-state index in [9.17, 15) is 0 Å². The highest BCUT2D eigenvalue weighted by Gasteiger charge is 2.18. The number of benzene rings is 2. The van der Waals surface area contributed by atoms with Crippen molar-refractivity contribution in [3.05, 3.63) is 52.5 Å². The Morgan fingerprint density at radius 2 is 1.92 bits per heavy atom. The maximum Gasteiger partial charge on any atom is 0.128 e. The smallest absolute Gasteiger partial charge is 0.128 e. The number of aromatic nitrogens is 1. The van der Waals surface area contributed by atoms with Crippen molar-refractivity contribution >= 4 is 22.5 Å². The fraction of sp³-hybridized carbons (Fsp3) is 0.333. The molecule has 0 aliphatic rings. The summed E-state index contributed by atoms with van der Waals surface area (Å²) in [7, 11) is 0. The first-order valence-electron chi connectivity index (χ1n) is 8.89. The van der Waals surface area contributed by atoms with Crippen LogP contribution in [0.3, 0.4) is 0 Å². The first kappa shape index (κ1) is 17.8. The second-order valence-electron chi connectivity index (χ2n) is 6.25. The van der Waals surface area contributed by atoms with Crippen molar-refractivity contribution in [3.8, 4) is 17.0 Å². The number of nitrogens with two attached hydrogens (primary N) is 1. The standard InChI is InChI=1S/C21H25ClN2O/c1-3-25-19-10-5-4-9-17(19)21-15(8-6-7-13-23)16-11-12-18(22)14(2)20(16)24-21/h4-5,9-12,24H,3,6-8,13,23H2,1-2H3. The van der Waals surface area contributed by atoms with E-state index in [1.807, 2.05) is 31.2 Å². The summed E-state index contributed by atoms with van der Waals surface area (Å²) < 4.78 is 5.86. The summed E-state index contributed by atoms with van der Waals surface area (Å²) in [5.41, 5.74) is 11.4. The second kappa shape index (κ2) is 7.94. The maximum atomic E-state index is 6.34. The number of hydrogen-bond donors (Lipinski definition) is 2. The van der Waals surface area contributed by atoms with Crippen LogP contribution in [0.25, 0.3) is 22.2 Å². The summed E-state index contributed by atoms with van der Waals surface area (Å²) in [6, 6.07) is 12.3. The van der Waals surface area contributed by atoms with Gasteiger partial charge in [0.1, 0.15) is 5.75 Å². The van der Waals surface area contributed by atoms with Crippen LogP contribution in [0.2, 0.25) is 5.02 Å². The first-order chi connectivity index (χ1) is 12.2. The minimum Gasteiger partial charge on any atom is -0.493 e. The number of halogens is 1. The van der Waals surface area contributed by atoms with Gasteiger partial charge >= 0.3 is 0 Å². The molecule has 3 rings (SSSR count). The number of H-pyrrole nitrogens is 1. The number of nitrogens with one attached hydrogen (secondary N) is 1. The summed E-state index contributed by atoms with van der Waals surface area (Å²) >= 11 is 6.34. The minimum absolute atomic E-state index is 0.643. The van der Waals surface area contributed by atoms with E-state index in [2.05, 4.69) is 24.0 Å². The average Bonchev–Trinajstić information content (AvgIpc) is 2.98. The third kappa shape index (κ3) is 3.53.